The van der Waals surface area contributed by atoms with Gasteiger partial charge in [0.05, 0.1) is 44.2 Å². The summed E-state index contributed by atoms with van der Waals surface area (Å²) in [4.78, 5) is 35.0. The van der Waals surface area contributed by atoms with Crippen molar-refractivity contribution in [3.05, 3.63) is 103 Å². The summed E-state index contributed by atoms with van der Waals surface area (Å²) in [6, 6.07) is 21.4. The number of carbonyl (C=O) groups is 3. The Kier molecular flexibility index (Phi) is 12.8. The second-order valence-corrected chi connectivity index (χ2v) is 8.99. The molecule has 9 nitrogen and oxygen atoms in total. The first-order valence-electron chi connectivity index (χ1n) is 13.4. The third-order valence-electron chi connectivity index (χ3n) is 5.83. The zero-order valence-electron chi connectivity index (χ0n) is 23.3. The van der Waals surface area contributed by atoms with Gasteiger partial charge in [0, 0.05) is 12.5 Å². The van der Waals surface area contributed by atoms with Crippen LogP contribution in [-0.2, 0) is 19.1 Å². The number of aliphatic hydroxyl groups excluding tert-OH is 1. The molecule has 0 atom stereocenters. The minimum atomic E-state index is -0.586. The molecule has 0 fully saturated rings. The van der Waals surface area contributed by atoms with E-state index in [4.69, 9.17) is 28.8 Å². The average Bonchev–Trinajstić information content (AvgIpc) is 3.02. The number of benzene rings is 3. The third-order valence-corrected chi connectivity index (χ3v) is 5.83. The van der Waals surface area contributed by atoms with E-state index in [9.17, 15) is 14.4 Å². The highest BCUT2D eigenvalue weighted by Crippen LogP contribution is 2.25. The number of unbranched alkanes of at least 4 members (excludes halogenated alkanes) is 1. The first kappa shape index (κ1) is 31.6. The van der Waals surface area contributed by atoms with Gasteiger partial charge in [0.2, 0.25) is 0 Å². The summed E-state index contributed by atoms with van der Waals surface area (Å²) in [6.07, 6.45) is 2.98. The lowest BCUT2D eigenvalue weighted by Gasteiger charge is -2.09. The third kappa shape index (κ3) is 10.6. The van der Waals surface area contributed by atoms with Gasteiger partial charge in [-0.1, -0.05) is 37.4 Å². The summed E-state index contributed by atoms with van der Waals surface area (Å²) in [5, 5.41) is 8.85. The second-order valence-electron chi connectivity index (χ2n) is 8.99. The summed E-state index contributed by atoms with van der Waals surface area (Å²) < 4.78 is 26.7. The smallest absolute Gasteiger partial charge is 0.343 e. The fourth-order valence-electron chi connectivity index (χ4n) is 3.52. The summed E-state index contributed by atoms with van der Waals surface area (Å²) in [5.41, 5.74) is 2.35. The number of aliphatic hydroxyl groups is 1. The van der Waals surface area contributed by atoms with Gasteiger partial charge < -0.3 is 28.8 Å². The fraction of sp³-hybridized carbons (Fsp3) is 0.242. The Morgan fingerprint density at radius 3 is 1.74 bits per heavy atom. The molecule has 0 spiro atoms. The van der Waals surface area contributed by atoms with Crippen LogP contribution in [-0.4, -0.2) is 56.0 Å². The van der Waals surface area contributed by atoms with Gasteiger partial charge in [-0.15, -0.1) is 0 Å². The molecule has 0 aliphatic carbocycles. The number of carbonyl (C=O) groups excluding carboxylic acids is 3. The molecule has 42 heavy (non-hydrogen) atoms. The molecule has 3 aromatic carbocycles. The van der Waals surface area contributed by atoms with Gasteiger partial charge in [0.25, 0.3) is 0 Å². The van der Waals surface area contributed by atoms with E-state index >= 15 is 0 Å². The van der Waals surface area contributed by atoms with Gasteiger partial charge >= 0.3 is 17.9 Å². The molecule has 3 aromatic rings. The Morgan fingerprint density at radius 1 is 0.667 bits per heavy atom. The number of esters is 3. The summed E-state index contributed by atoms with van der Waals surface area (Å²) >= 11 is 0. The summed E-state index contributed by atoms with van der Waals surface area (Å²) in [7, 11) is 0. The number of rotatable bonds is 17. The van der Waals surface area contributed by atoms with E-state index in [-0.39, 0.29) is 18.8 Å². The standard InChI is InChI=1S/C33H34O9/c1-3-31(35)40-22-6-21-39-29-15-11-27(12-16-29)33(37)42-30-17-9-26(10-18-30)25-7-13-28(14-8-25)38-19-4-5-20-41-32(36)24(2)23-34/h3,7-18,34H,1-2,4-6,19-23H2. The molecule has 0 heterocycles. The Balaban J connectivity index is 1.39. The van der Waals surface area contributed by atoms with Crippen molar-refractivity contribution in [1.82, 2.24) is 0 Å². The van der Waals surface area contributed by atoms with Gasteiger partial charge in [-0.2, -0.15) is 0 Å². The van der Waals surface area contributed by atoms with Crippen LogP contribution < -0.4 is 14.2 Å². The maximum absolute atomic E-state index is 12.6. The largest absolute Gasteiger partial charge is 0.494 e. The van der Waals surface area contributed by atoms with Crippen molar-refractivity contribution in [2.45, 2.75) is 19.3 Å². The van der Waals surface area contributed by atoms with Crippen molar-refractivity contribution in [2.24, 2.45) is 0 Å². The SMILES string of the molecule is C=CC(=O)OCCCOc1ccc(C(=O)Oc2ccc(-c3ccc(OCCCCOC(=O)C(=C)CO)cc3)cc2)cc1. The van der Waals surface area contributed by atoms with Crippen LogP contribution in [0.4, 0.5) is 0 Å². The lowest BCUT2D eigenvalue weighted by Crippen LogP contribution is -2.11. The topological polar surface area (TPSA) is 118 Å². The van der Waals surface area contributed by atoms with Gasteiger partial charge in [-0.25, -0.2) is 14.4 Å². The van der Waals surface area contributed by atoms with Crippen molar-refractivity contribution in [3.63, 3.8) is 0 Å². The molecule has 0 bridgehead atoms. The molecule has 0 unspecified atom stereocenters. The Hall–Kier alpha value is -4.89. The molecule has 0 aromatic heterocycles. The van der Waals surface area contributed by atoms with Crippen LogP contribution in [0.25, 0.3) is 11.1 Å². The lowest BCUT2D eigenvalue weighted by molar-refractivity contribution is -0.140. The van der Waals surface area contributed by atoms with E-state index in [0.29, 0.717) is 49.5 Å². The molecule has 1 N–H and O–H groups in total. The highest BCUT2D eigenvalue weighted by atomic mass is 16.5. The van der Waals surface area contributed by atoms with Gasteiger partial charge in [0.15, 0.2) is 0 Å². The zero-order valence-corrected chi connectivity index (χ0v) is 23.3. The number of ether oxygens (including phenoxy) is 5. The quantitative estimate of drug-likeness (QED) is 0.0989. The molecule has 0 saturated carbocycles. The highest BCUT2D eigenvalue weighted by Gasteiger charge is 2.10. The molecule has 0 amide bonds. The van der Waals surface area contributed by atoms with Crippen molar-refractivity contribution >= 4 is 17.9 Å². The lowest BCUT2D eigenvalue weighted by atomic mass is 10.1. The first-order valence-corrected chi connectivity index (χ1v) is 13.4. The van der Waals surface area contributed by atoms with Crippen molar-refractivity contribution < 1.29 is 43.2 Å². The molecule has 220 valence electrons. The molecule has 0 saturated heterocycles. The fourth-order valence-corrected chi connectivity index (χ4v) is 3.52. The van der Waals surface area contributed by atoms with Crippen LogP contribution in [0.1, 0.15) is 29.6 Å². The van der Waals surface area contributed by atoms with Gasteiger partial charge in [0.1, 0.15) is 17.2 Å². The predicted molar refractivity (Wildman–Crippen MR) is 156 cm³/mol. The van der Waals surface area contributed by atoms with Crippen molar-refractivity contribution in [2.75, 3.05) is 33.0 Å². The molecular formula is C33H34O9. The van der Waals surface area contributed by atoms with Crippen LogP contribution in [0.15, 0.2) is 97.6 Å². The van der Waals surface area contributed by atoms with E-state index in [2.05, 4.69) is 13.2 Å². The Bertz CT molecular complexity index is 1330. The summed E-state index contributed by atoms with van der Waals surface area (Å²) in [6.45, 7) is 7.66. The van der Waals surface area contributed by atoms with Gasteiger partial charge in [-0.3, -0.25) is 0 Å². The molecule has 0 radical (unpaired) electrons. The zero-order chi connectivity index (χ0) is 30.2. The van der Waals surface area contributed by atoms with Crippen LogP contribution in [0.3, 0.4) is 0 Å². The molecule has 3 rings (SSSR count). The average molecular weight is 575 g/mol. The van der Waals surface area contributed by atoms with Crippen LogP contribution >= 0.6 is 0 Å². The normalized spacial score (nSPS) is 10.3. The monoisotopic (exact) mass is 574 g/mol. The van der Waals surface area contributed by atoms with E-state index in [1.54, 1.807) is 36.4 Å². The Morgan fingerprint density at radius 2 is 1.17 bits per heavy atom. The van der Waals surface area contributed by atoms with E-state index in [1.165, 1.54) is 0 Å². The van der Waals surface area contributed by atoms with E-state index in [0.717, 1.165) is 23.0 Å². The van der Waals surface area contributed by atoms with Crippen molar-refractivity contribution in [3.8, 4) is 28.4 Å². The first-order chi connectivity index (χ1) is 20.4. The molecular weight excluding hydrogens is 540 g/mol. The van der Waals surface area contributed by atoms with E-state index < -0.39 is 24.5 Å². The van der Waals surface area contributed by atoms with Crippen LogP contribution in [0, 0.1) is 0 Å². The summed E-state index contributed by atoms with van der Waals surface area (Å²) in [5.74, 6) is 0.192. The Labute approximate surface area is 244 Å². The van der Waals surface area contributed by atoms with Crippen LogP contribution in [0.2, 0.25) is 0 Å². The highest BCUT2D eigenvalue weighted by molar-refractivity contribution is 5.91. The molecule has 9 heteroatoms. The number of hydrogen-bond acceptors (Lipinski definition) is 9. The van der Waals surface area contributed by atoms with Gasteiger partial charge in [-0.05, 0) is 72.5 Å². The van der Waals surface area contributed by atoms with Crippen molar-refractivity contribution in [1.29, 1.82) is 0 Å². The molecule has 0 aliphatic heterocycles. The minimum Gasteiger partial charge on any atom is -0.494 e. The van der Waals surface area contributed by atoms with E-state index in [1.807, 2.05) is 36.4 Å². The maximum atomic E-state index is 12.6. The predicted octanol–water partition coefficient (Wildman–Crippen LogP) is 5.32. The maximum Gasteiger partial charge on any atom is 0.343 e. The minimum absolute atomic E-state index is 0.0375. The second kappa shape index (κ2) is 17.0. The number of hydrogen-bond donors (Lipinski definition) is 1. The van der Waals surface area contributed by atoms with Crippen LogP contribution in [0.5, 0.6) is 17.2 Å². The molecule has 0 aliphatic rings.